The first-order valence-corrected chi connectivity index (χ1v) is 9.37. The first-order chi connectivity index (χ1) is 11.5. The third kappa shape index (κ3) is 3.40. The van der Waals surface area contributed by atoms with Gasteiger partial charge in [-0.25, -0.2) is 5.01 Å². The van der Waals surface area contributed by atoms with Gasteiger partial charge in [-0.05, 0) is 29.8 Å². The van der Waals surface area contributed by atoms with E-state index in [2.05, 4.69) is 25.4 Å². The zero-order valence-corrected chi connectivity index (χ0v) is 14.9. The van der Waals surface area contributed by atoms with E-state index in [9.17, 15) is 13.5 Å². The number of sulfonamides is 1. The number of nitrogens with zero attached hydrogens (tertiary/aromatic N) is 3. The fourth-order valence-corrected chi connectivity index (χ4v) is 3.74. The van der Waals surface area contributed by atoms with Gasteiger partial charge in [0.2, 0.25) is 0 Å². The number of fused-ring (bicyclic) bond motifs is 1. The third-order valence-corrected chi connectivity index (χ3v) is 5.24. The molecule has 6 nitrogen and oxygen atoms in total. The summed E-state index contributed by atoms with van der Waals surface area (Å²) in [5.74, 6) is 0.216. The minimum atomic E-state index is -3.72. The molecule has 0 saturated carbocycles. The van der Waals surface area contributed by atoms with Gasteiger partial charge >= 0.3 is 0 Å². The van der Waals surface area contributed by atoms with Gasteiger partial charge in [-0.2, -0.15) is 13.5 Å². The molecule has 1 aliphatic rings. The number of hydrazone groups is 1. The van der Waals surface area contributed by atoms with E-state index in [1.165, 1.54) is 11.1 Å². The zero-order valence-electron chi connectivity index (χ0n) is 12.5. The summed E-state index contributed by atoms with van der Waals surface area (Å²) in [6.45, 7) is -0.0470. The molecule has 0 aromatic heterocycles. The largest absolute Gasteiger partial charge is 0.394 e. The summed E-state index contributed by atoms with van der Waals surface area (Å²) in [4.78, 5) is 0.154. The lowest BCUT2D eigenvalue weighted by molar-refractivity contribution is 0.254. The van der Waals surface area contributed by atoms with E-state index in [0.29, 0.717) is 5.56 Å². The molecular weight excluding hydrogens is 394 g/mol. The Morgan fingerprint density at radius 1 is 1.17 bits per heavy atom. The Morgan fingerprint density at radius 3 is 2.58 bits per heavy atom. The normalized spacial score (nSPS) is 15.3. The van der Waals surface area contributed by atoms with Gasteiger partial charge in [0.25, 0.3) is 10.0 Å². The molecule has 0 aliphatic carbocycles. The quantitative estimate of drug-likeness (QED) is 0.622. The highest BCUT2D eigenvalue weighted by Gasteiger charge is 2.31. The lowest BCUT2D eigenvalue weighted by atomic mass is 10.2. The van der Waals surface area contributed by atoms with Gasteiger partial charge in [-0.1, -0.05) is 40.2 Å². The number of benzene rings is 2. The molecule has 0 unspecified atom stereocenters. The Balaban J connectivity index is 1.96. The van der Waals surface area contributed by atoms with Crippen LogP contribution in [0, 0.1) is 0 Å². The Morgan fingerprint density at radius 2 is 1.88 bits per heavy atom. The van der Waals surface area contributed by atoms with Crippen molar-refractivity contribution < 1.29 is 13.5 Å². The Hall–Kier alpha value is -2.03. The minimum Gasteiger partial charge on any atom is -0.394 e. The molecule has 0 radical (unpaired) electrons. The van der Waals surface area contributed by atoms with Crippen LogP contribution >= 0.6 is 15.9 Å². The van der Waals surface area contributed by atoms with Crippen LogP contribution in [0.4, 0.5) is 0 Å². The van der Waals surface area contributed by atoms with Crippen LogP contribution in [0.1, 0.15) is 11.1 Å². The number of hydrogen-bond acceptors (Lipinski definition) is 5. The van der Waals surface area contributed by atoms with Crippen LogP contribution in [0.2, 0.25) is 0 Å². The van der Waals surface area contributed by atoms with Crippen LogP contribution in [-0.4, -0.2) is 43.7 Å². The molecule has 124 valence electrons. The summed E-state index contributed by atoms with van der Waals surface area (Å²) < 4.78 is 29.1. The monoisotopic (exact) mass is 407 g/mol. The van der Waals surface area contributed by atoms with Gasteiger partial charge in [0.15, 0.2) is 5.84 Å². The highest BCUT2D eigenvalue weighted by Crippen LogP contribution is 2.27. The van der Waals surface area contributed by atoms with E-state index in [-0.39, 0.29) is 23.9 Å². The van der Waals surface area contributed by atoms with Crippen molar-refractivity contribution in [2.75, 3.05) is 13.2 Å². The summed E-state index contributed by atoms with van der Waals surface area (Å²) >= 11 is 3.36. The second-order valence-corrected chi connectivity index (χ2v) is 7.52. The van der Waals surface area contributed by atoms with Crippen molar-refractivity contribution in [2.24, 2.45) is 9.50 Å². The Labute approximate surface area is 148 Å². The van der Waals surface area contributed by atoms with Crippen molar-refractivity contribution in [2.45, 2.75) is 4.90 Å². The van der Waals surface area contributed by atoms with Gasteiger partial charge < -0.3 is 5.11 Å². The van der Waals surface area contributed by atoms with Crippen molar-refractivity contribution in [3.63, 3.8) is 0 Å². The number of hydrogen-bond donors (Lipinski definition) is 1. The first kappa shape index (κ1) is 16.8. The molecule has 0 saturated heterocycles. The Bertz CT molecular complexity index is 908. The summed E-state index contributed by atoms with van der Waals surface area (Å²) in [6, 6.07) is 14.1. The fourth-order valence-electron chi connectivity index (χ4n) is 2.27. The topological polar surface area (TPSA) is 82.3 Å². The SMILES string of the molecule is O=S1(=O)N=C(N(CCO)N=Cc2ccc(Br)cc2)c2ccccc21. The molecule has 2 aromatic carbocycles. The number of rotatable bonds is 4. The van der Waals surface area contributed by atoms with Gasteiger partial charge in [-0.3, -0.25) is 0 Å². The highest BCUT2D eigenvalue weighted by molar-refractivity contribution is 9.10. The molecular formula is C16H14BrN3O3S. The van der Waals surface area contributed by atoms with Gasteiger partial charge in [-0.15, -0.1) is 4.40 Å². The van der Waals surface area contributed by atoms with Crippen molar-refractivity contribution in [3.8, 4) is 0 Å². The van der Waals surface area contributed by atoms with E-state index >= 15 is 0 Å². The van der Waals surface area contributed by atoms with Crippen LogP contribution in [0.3, 0.4) is 0 Å². The standard InChI is InChI=1S/C16H14BrN3O3S/c17-13-7-5-12(6-8-13)11-18-20(9-10-21)16-14-3-1-2-4-15(14)24(22,23)19-16/h1-8,11,21H,9-10H2. The third-order valence-electron chi connectivity index (χ3n) is 3.39. The van der Waals surface area contributed by atoms with Crippen LogP contribution in [0.5, 0.6) is 0 Å². The van der Waals surface area contributed by atoms with Gasteiger partial charge in [0, 0.05) is 10.0 Å². The maximum Gasteiger partial charge on any atom is 0.285 e. The molecule has 1 N–H and O–H groups in total. The van der Waals surface area contributed by atoms with Gasteiger partial charge in [0.1, 0.15) is 4.90 Å². The number of aliphatic hydroxyl groups excluding tert-OH is 1. The summed E-state index contributed by atoms with van der Waals surface area (Å²) in [6.07, 6.45) is 1.60. The van der Waals surface area contributed by atoms with Crippen LogP contribution < -0.4 is 0 Å². The molecule has 0 spiro atoms. The molecule has 1 aliphatic heterocycles. The second kappa shape index (κ2) is 6.84. The van der Waals surface area contributed by atoms with E-state index in [0.717, 1.165) is 10.0 Å². The number of amidine groups is 1. The highest BCUT2D eigenvalue weighted by atomic mass is 79.9. The van der Waals surface area contributed by atoms with E-state index in [1.807, 2.05) is 24.3 Å². The molecule has 2 aromatic rings. The maximum atomic E-state index is 12.2. The molecule has 24 heavy (non-hydrogen) atoms. The van der Waals surface area contributed by atoms with E-state index in [4.69, 9.17) is 0 Å². The van der Waals surface area contributed by atoms with Crippen molar-refractivity contribution in [1.82, 2.24) is 5.01 Å². The first-order valence-electron chi connectivity index (χ1n) is 7.13. The minimum absolute atomic E-state index is 0.135. The summed E-state index contributed by atoms with van der Waals surface area (Å²) in [5.41, 5.74) is 1.33. The van der Waals surface area contributed by atoms with E-state index < -0.39 is 10.0 Å². The smallest absolute Gasteiger partial charge is 0.285 e. The predicted molar refractivity (Wildman–Crippen MR) is 95.7 cm³/mol. The summed E-state index contributed by atoms with van der Waals surface area (Å²) in [7, 11) is -3.72. The average molecular weight is 408 g/mol. The Kier molecular flexibility index (Phi) is 4.79. The predicted octanol–water partition coefficient (Wildman–Crippen LogP) is 2.23. The van der Waals surface area contributed by atoms with Gasteiger partial charge in [0.05, 0.1) is 19.4 Å². The molecule has 0 amide bonds. The van der Waals surface area contributed by atoms with Crippen molar-refractivity contribution >= 4 is 38.0 Å². The molecule has 8 heteroatoms. The number of aliphatic hydroxyl groups is 1. The van der Waals surface area contributed by atoms with Crippen molar-refractivity contribution in [3.05, 3.63) is 64.1 Å². The lowest BCUT2D eigenvalue weighted by Gasteiger charge is -2.17. The number of halogens is 1. The molecule has 1 heterocycles. The molecule has 0 fully saturated rings. The maximum absolute atomic E-state index is 12.2. The van der Waals surface area contributed by atoms with Crippen LogP contribution in [-0.2, 0) is 10.0 Å². The van der Waals surface area contributed by atoms with E-state index in [1.54, 1.807) is 24.4 Å². The van der Waals surface area contributed by atoms with Crippen LogP contribution in [0.15, 0.2) is 67.4 Å². The zero-order chi connectivity index (χ0) is 17.2. The lowest BCUT2D eigenvalue weighted by Crippen LogP contribution is -2.28. The molecule has 3 rings (SSSR count). The van der Waals surface area contributed by atoms with Crippen molar-refractivity contribution in [1.29, 1.82) is 0 Å². The second-order valence-electron chi connectivity index (χ2n) is 5.03. The fraction of sp³-hybridized carbons (Fsp3) is 0.125. The van der Waals surface area contributed by atoms with Crippen LogP contribution in [0.25, 0.3) is 0 Å². The average Bonchev–Trinajstić information content (AvgIpc) is 2.85. The summed E-state index contributed by atoms with van der Waals surface area (Å²) in [5, 5.41) is 15.0. The molecule has 0 bridgehead atoms. The molecule has 0 atom stereocenters.